The van der Waals surface area contributed by atoms with Crippen LogP contribution in [0.15, 0.2) is 84.9 Å². The predicted octanol–water partition coefficient (Wildman–Crippen LogP) is 6.71. The van der Waals surface area contributed by atoms with E-state index in [9.17, 15) is 0 Å². The van der Waals surface area contributed by atoms with Crippen LogP contribution >= 0.6 is 11.6 Å². The lowest BCUT2D eigenvalue weighted by Gasteiger charge is -2.43. The molecule has 0 spiro atoms. The minimum absolute atomic E-state index is 0.0438. The Morgan fingerprint density at radius 3 is 2.10 bits per heavy atom. The molecule has 2 aliphatic heterocycles. The topological polar surface area (TPSA) is 12.5 Å². The molecule has 3 aromatic rings. The van der Waals surface area contributed by atoms with E-state index in [1.54, 1.807) is 0 Å². The molecule has 2 aliphatic rings. The Labute approximate surface area is 190 Å². The van der Waals surface area contributed by atoms with E-state index in [4.69, 9.17) is 16.3 Å². The summed E-state index contributed by atoms with van der Waals surface area (Å²) in [5.74, 6) is 0.984. The van der Waals surface area contributed by atoms with Crippen LogP contribution in [0.5, 0.6) is 0 Å². The minimum Gasteiger partial charge on any atom is -0.368 e. The molecule has 2 saturated heterocycles. The second kappa shape index (κ2) is 9.16. The highest BCUT2D eigenvalue weighted by Crippen LogP contribution is 2.47. The second-order valence-corrected chi connectivity index (χ2v) is 9.49. The molecule has 3 heteroatoms. The molecule has 0 amide bonds. The molecule has 0 radical (unpaired) electrons. The van der Waals surface area contributed by atoms with Crippen molar-refractivity contribution in [3.05, 3.63) is 107 Å². The number of hydrogen-bond acceptors (Lipinski definition) is 2. The first-order valence-corrected chi connectivity index (χ1v) is 11.8. The van der Waals surface area contributed by atoms with Crippen LogP contribution in [-0.2, 0) is 4.74 Å². The highest BCUT2D eigenvalue weighted by atomic mass is 35.5. The van der Waals surface area contributed by atoms with Crippen molar-refractivity contribution in [2.24, 2.45) is 5.92 Å². The van der Waals surface area contributed by atoms with E-state index in [0.717, 1.165) is 11.6 Å². The average molecular weight is 432 g/mol. The van der Waals surface area contributed by atoms with Crippen LogP contribution < -0.4 is 0 Å². The number of nitrogens with zero attached hydrogens (tertiary/aromatic N) is 1. The van der Waals surface area contributed by atoms with Gasteiger partial charge in [-0.05, 0) is 61.1 Å². The smallest absolute Gasteiger partial charge is 0.108 e. The number of rotatable bonds is 6. The molecule has 31 heavy (non-hydrogen) atoms. The number of ether oxygens (including phenoxy) is 1. The van der Waals surface area contributed by atoms with Crippen molar-refractivity contribution in [2.75, 3.05) is 13.7 Å². The van der Waals surface area contributed by atoms with E-state index >= 15 is 0 Å². The van der Waals surface area contributed by atoms with Crippen LogP contribution in [0.3, 0.4) is 0 Å². The largest absolute Gasteiger partial charge is 0.368 e. The quantitative estimate of drug-likeness (QED) is 0.430. The van der Waals surface area contributed by atoms with Gasteiger partial charge in [-0.15, -0.1) is 0 Å². The van der Waals surface area contributed by atoms with Crippen LogP contribution in [0.2, 0.25) is 5.02 Å². The fraction of sp³-hybridized carbons (Fsp3) is 0.357. The molecule has 2 fully saturated rings. The molecular weight excluding hydrogens is 402 g/mol. The Kier molecular flexibility index (Phi) is 6.13. The molecule has 0 N–H and O–H groups in total. The van der Waals surface area contributed by atoms with Crippen molar-refractivity contribution >= 4 is 11.6 Å². The van der Waals surface area contributed by atoms with Gasteiger partial charge in [0.2, 0.25) is 0 Å². The lowest BCUT2D eigenvalue weighted by Crippen LogP contribution is -2.47. The standard InChI is InChI=1S/C28H30ClNO/c1-30-24-16-17-27(30)26(25(18-24)20-12-14-23(29)15-13-20)19-31-28(21-8-4-2-5-9-21)22-10-6-3-7-11-22/h2-15,24-28H,16-19H2,1H3/t24?,25?,26-,27?/m1/s1. The Morgan fingerprint density at radius 1 is 0.871 bits per heavy atom. The summed E-state index contributed by atoms with van der Waals surface area (Å²) in [4.78, 5) is 2.61. The molecule has 4 atom stereocenters. The Balaban J connectivity index is 1.43. The highest BCUT2D eigenvalue weighted by Gasteiger charge is 2.46. The van der Waals surface area contributed by atoms with Crippen LogP contribution in [0, 0.1) is 5.92 Å². The van der Waals surface area contributed by atoms with Gasteiger partial charge in [0.1, 0.15) is 6.10 Å². The summed E-state index contributed by atoms with van der Waals surface area (Å²) < 4.78 is 6.78. The van der Waals surface area contributed by atoms with Crippen molar-refractivity contribution in [1.29, 1.82) is 0 Å². The van der Waals surface area contributed by atoms with Crippen LogP contribution in [-0.4, -0.2) is 30.6 Å². The van der Waals surface area contributed by atoms with Gasteiger partial charge >= 0.3 is 0 Å². The summed E-state index contributed by atoms with van der Waals surface area (Å²) in [6.45, 7) is 0.753. The van der Waals surface area contributed by atoms with Crippen molar-refractivity contribution in [1.82, 2.24) is 4.90 Å². The second-order valence-electron chi connectivity index (χ2n) is 9.06. The van der Waals surface area contributed by atoms with Gasteiger partial charge in [-0.25, -0.2) is 0 Å². The van der Waals surface area contributed by atoms with Crippen LogP contribution in [0.4, 0.5) is 0 Å². The Hall–Kier alpha value is -2.13. The summed E-state index contributed by atoms with van der Waals surface area (Å²) in [6.07, 6.45) is 3.71. The van der Waals surface area contributed by atoms with Crippen LogP contribution in [0.1, 0.15) is 48.0 Å². The normalized spacial score (nSPS) is 25.8. The van der Waals surface area contributed by atoms with Crippen molar-refractivity contribution in [3.63, 3.8) is 0 Å². The molecule has 5 rings (SSSR count). The summed E-state index contributed by atoms with van der Waals surface area (Å²) in [5, 5.41) is 0.806. The molecule has 0 aromatic heterocycles. The first-order valence-electron chi connectivity index (χ1n) is 11.4. The Bertz CT molecular complexity index is 935. The van der Waals surface area contributed by atoms with E-state index in [0.29, 0.717) is 23.9 Å². The zero-order valence-electron chi connectivity index (χ0n) is 18.0. The van der Waals surface area contributed by atoms with Crippen molar-refractivity contribution in [3.8, 4) is 0 Å². The third-order valence-corrected chi connectivity index (χ3v) is 7.64. The van der Waals surface area contributed by atoms with Gasteiger partial charge in [-0.2, -0.15) is 0 Å². The lowest BCUT2D eigenvalue weighted by molar-refractivity contribution is -0.00335. The highest BCUT2D eigenvalue weighted by molar-refractivity contribution is 6.30. The number of piperidine rings is 1. The maximum absolute atomic E-state index is 6.78. The first kappa shape index (κ1) is 20.8. The number of hydrogen-bond donors (Lipinski definition) is 0. The summed E-state index contributed by atoms with van der Waals surface area (Å²) >= 11 is 6.19. The van der Waals surface area contributed by atoms with Crippen molar-refractivity contribution < 1.29 is 4.74 Å². The van der Waals surface area contributed by atoms with Gasteiger partial charge in [-0.1, -0.05) is 84.4 Å². The third kappa shape index (κ3) is 4.30. The summed E-state index contributed by atoms with van der Waals surface area (Å²) in [7, 11) is 2.30. The maximum atomic E-state index is 6.78. The maximum Gasteiger partial charge on any atom is 0.108 e. The first-order chi connectivity index (χ1) is 15.2. The fourth-order valence-corrected chi connectivity index (χ4v) is 5.87. The van der Waals surface area contributed by atoms with Gasteiger partial charge in [-0.3, -0.25) is 0 Å². The van der Waals surface area contributed by atoms with E-state index in [1.165, 1.54) is 36.0 Å². The minimum atomic E-state index is -0.0438. The molecular formula is C28H30ClNO. The Morgan fingerprint density at radius 2 is 1.48 bits per heavy atom. The SMILES string of the molecule is CN1C2CCC1[C@H](COC(c1ccccc1)c1ccccc1)C(c1ccc(Cl)cc1)C2. The van der Waals surface area contributed by atoms with E-state index < -0.39 is 0 Å². The fourth-order valence-electron chi connectivity index (χ4n) is 5.75. The van der Waals surface area contributed by atoms with Gasteiger partial charge in [0.05, 0.1) is 6.61 Å². The monoisotopic (exact) mass is 431 g/mol. The summed E-state index contributed by atoms with van der Waals surface area (Å²) in [6, 6.07) is 31.0. The average Bonchev–Trinajstić information content (AvgIpc) is 3.05. The molecule has 160 valence electrons. The molecule has 0 saturated carbocycles. The van der Waals surface area contributed by atoms with E-state index in [2.05, 4.69) is 84.7 Å². The van der Waals surface area contributed by atoms with Crippen molar-refractivity contribution in [2.45, 2.75) is 43.4 Å². The van der Waals surface area contributed by atoms with Crippen LogP contribution in [0.25, 0.3) is 0 Å². The van der Waals surface area contributed by atoms with Gasteiger partial charge in [0.25, 0.3) is 0 Å². The lowest BCUT2D eigenvalue weighted by atomic mass is 9.76. The van der Waals surface area contributed by atoms with E-state index in [1.807, 2.05) is 12.1 Å². The number of halogens is 1. The molecule has 0 aliphatic carbocycles. The zero-order valence-corrected chi connectivity index (χ0v) is 18.8. The molecule has 3 unspecified atom stereocenters. The summed E-state index contributed by atoms with van der Waals surface area (Å²) in [5.41, 5.74) is 3.83. The number of fused-ring (bicyclic) bond motifs is 2. The number of benzene rings is 3. The van der Waals surface area contributed by atoms with Gasteiger partial charge in [0, 0.05) is 23.0 Å². The molecule has 2 nitrogen and oxygen atoms in total. The predicted molar refractivity (Wildman–Crippen MR) is 128 cm³/mol. The molecule has 3 aromatic carbocycles. The van der Waals surface area contributed by atoms with Gasteiger partial charge < -0.3 is 9.64 Å². The zero-order chi connectivity index (χ0) is 21.2. The van der Waals surface area contributed by atoms with Gasteiger partial charge in [0.15, 0.2) is 0 Å². The molecule has 2 heterocycles. The van der Waals surface area contributed by atoms with E-state index in [-0.39, 0.29) is 6.10 Å². The third-order valence-electron chi connectivity index (χ3n) is 7.39. The molecule has 2 bridgehead atoms.